The van der Waals surface area contributed by atoms with Crippen molar-refractivity contribution in [3.8, 4) is 0 Å². The van der Waals surface area contributed by atoms with Crippen LogP contribution in [-0.4, -0.2) is 187 Å². The molecule has 4 saturated heterocycles. The Bertz CT molecular complexity index is 806. The van der Waals surface area contributed by atoms with Crippen LogP contribution in [-0.2, 0) is 33.2 Å². The molecule has 0 radical (unpaired) electrons. The van der Waals surface area contributed by atoms with Crippen molar-refractivity contribution in [2.24, 2.45) is 0 Å². The van der Waals surface area contributed by atoms with Crippen molar-refractivity contribution in [3.63, 3.8) is 0 Å². The molecular formula is C22H38O18. The Morgan fingerprint density at radius 3 is 1.77 bits per heavy atom. The summed E-state index contributed by atoms with van der Waals surface area (Å²) in [5.74, 6) is 0. The van der Waals surface area contributed by atoms with Crippen molar-refractivity contribution in [2.75, 3.05) is 19.8 Å². The summed E-state index contributed by atoms with van der Waals surface area (Å²) >= 11 is 0. The Balaban J connectivity index is 1.57. The van der Waals surface area contributed by atoms with Crippen LogP contribution >= 0.6 is 0 Å². The molecule has 0 aromatic rings. The Kier molecular flexibility index (Phi) is 10.7. The fourth-order valence-electron chi connectivity index (χ4n) is 4.91. The molecule has 0 bridgehead atoms. The minimum absolute atomic E-state index is 0.393. The van der Waals surface area contributed by atoms with Crippen LogP contribution in [0.25, 0.3) is 0 Å². The summed E-state index contributed by atoms with van der Waals surface area (Å²) in [5.41, 5.74) is 0. The summed E-state index contributed by atoms with van der Waals surface area (Å²) in [6.45, 7) is -0.172. The van der Waals surface area contributed by atoms with E-state index < -0.39 is 130 Å². The largest absolute Gasteiger partial charge is 0.394 e. The Morgan fingerprint density at radius 1 is 0.550 bits per heavy atom. The SMILES string of the molecule is C[C@@H]1O[C@@H](O[C@@H]2[C@@H](O)[C@@H](O)CO[C@H]2O)[C@H](O)[C@H](O[C@@H]2O[C@H](CO)[C@@H](O)[C@H](O)[C@H]2O)[C@H]1O[C@@H]1OC[C@@H](O)[C@H](O)[C@H]1O. The molecule has 0 unspecified atom stereocenters. The van der Waals surface area contributed by atoms with E-state index in [9.17, 15) is 56.2 Å². The average Bonchev–Trinajstić information content (AvgIpc) is 2.93. The summed E-state index contributed by atoms with van der Waals surface area (Å²) in [7, 11) is 0. The molecule has 0 spiro atoms. The second-order valence-corrected chi connectivity index (χ2v) is 10.2. The number of aliphatic hydroxyl groups is 11. The third kappa shape index (κ3) is 6.44. The zero-order valence-corrected chi connectivity index (χ0v) is 21.3. The molecule has 0 amide bonds. The van der Waals surface area contributed by atoms with Crippen molar-refractivity contribution in [1.82, 2.24) is 0 Å². The van der Waals surface area contributed by atoms with Gasteiger partial charge in [0.15, 0.2) is 25.2 Å². The van der Waals surface area contributed by atoms with E-state index in [2.05, 4.69) is 0 Å². The molecule has 18 nitrogen and oxygen atoms in total. The van der Waals surface area contributed by atoms with E-state index in [1.807, 2.05) is 0 Å². The molecule has 40 heavy (non-hydrogen) atoms. The van der Waals surface area contributed by atoms with E-state index in [-0.39, 0.29) is 0 Å². The first-order valence-corrected chi connectivity index (χ1v) is 12.8. The molecule has 4 aliphatic rings. The monoisotopic (exact) mass is 590 g/mol. The lowest BCUT2D eigenvalue weighted by Crippen LogP contribution is -2.66. The van der Waals surface area contributed by atoms with Crippen molar-refractivity contribution in [3.05, 3.63) is 0 Å². The maximum absolute atomic E-state index is 11.2. The molecule has 11 N–H and O–H groups in total. The van der Waals surface area contributed by atoms with Crippen LogP contribution in [0.2, 0.25) is 0 Å². The molecule has 234 valence electrons. The standard InChI is InChI=1S/C22H38O18/c1-5-16(38-20-13(30)9(26)6(24)4-35-20)17(39-21-14(31)12(29)11(28)8(2-23)37-21)15(32)22(36-5)40-18-10(27)7(25)3-34-19(18)33/h5-33H,2-4H2,1H3/t5-,6+,7-,8+,9-,10-,11+,12-,13+,14+,15+,16-,17-,18+,19+,20-,21-,22-/m0/s1. The minimum atomic E-state index is -1.89. The van der Waals surface area contributed by atoms with Gasteiger partial charge in [-0.25, -0.2) is 0 Å². The number of ether oxygens (including phenoxy) is 7. The first-order chi connectivity index (χ1) is 18.8. The van der Waals surface area contributed by atoms with Gasteiger partial charge < -0.3 is 89.3 Å². The van der Waals surface area contributed by atoms with Crippen LogP contribution in [0.5, 0.6) is 0 Å². The van der Waals surface area contributed by atoms with Crippen molar-refractivity contribution >= 4 is 0 Å². The Morgan fingerprint density at radius 2 is 1.10 bits per heavy atom. The molecule has 4 rings (SSSR count). The maximum atomic E-state index is 11.2. The molecule has 0 saturated carbocycles. The quantitative estimate of drug-likeness (QED) is 0.131. The predicted molar refractivity (Wildman–Crippen MR) is 120 cm³/mol. The maximum Gasteiger partial charge on any atom is 0.187 e. The average molecular weight is 591 g/mol. The van der Waals surface area contributed by atoms with E-state index >= 15 is 0 Å². The molecule has 0 aliphatic carbocycles. The first-order valence-electron chi connectivity index (χ1n) is 12.8. The highest BCUT2D eigenvalue weighted by molar-refractivity contribution is 4.96. The fourth-order valence-corrected chi connectivity index (χ4v) is 4.91. The van der Waals surface area contributed by atoms with Gasteiger partial charge in [-0.3, -0.25) is 0 Å². The number of aliphatic hydroxyl groups excluding tert-OH is 11. The zero-order valence-electron chi connectivity index (χ0n) is 21.3. The van der Waals surface area contributed by atoms with Gasteiger partial charge in [0.25, 0.3) is 0 Å². The van der Waals surface area contributed by atoms with Crippen LogP contribution in [0.15, 0.2) is 0 Å². The first kappa shape index (κ1) is 32.2. The van der Waals surface area contributed by atoms with E-state index in [1.54, 1.807) is 0 Å². The van der Waals surface area contributed by atoms with E-state index in [0.29, 0.717) is 0 Å². The number of hydrogen-bond donors (Lipinski definition) is 11. The predicted octanol–water partition coefficient (Wildman–Crippen LogP) is -7.44. The zero-order chi connectivity index (χ0) is 29.5. The molecule has 18 atom stereocenters. The third-order valence-corrected chi connectivity index (χ3v) is 7.38. The van der Waals surface area contributed by atoms with Gasteiger partial charge in [0.1, 0.15) is 79.4 Å². The second kappa shape index (κ2) is 13.3. The van der Waals surface area contributed by atoms with E-state index in [4.69, 9.17) is 33.2 Å². The fraction of sp³-hybridized carbons (Fsp3) is 1.00. The molecule has 0 aromatic heterocycles. The van der Waals surface area contributed by atoms with Gasteiger partial charge in [-0.1, -0.05) is 0 Å². The van der Waals surface area contributed by atoms with Crippen LogP contribution in [0.3, 0.4) is 0 Å². The second-order valence-electron chi connectivity index (χ2n) is 10.2. The van der Waals surface area contributed by atoms with Gasteiger partial charge in [-0.15, -0.1) is 0 Å². The highest BCUT2D eigenvalue weighted by atomic mass is 16.8. The third-order valence-electron chi connectivity index (χ3n) is 7.38. The molecule has 4 aliphatic heterocycles. The Labute approximate surface area is 227 Å². The topological polar surface area (TPSA) is 287 Å². The van der Waals surface area contributed by atoms with E-state index in [0.717, 1.165) is 0 Å². The normalized spacial score (nSPS) is 54.3. The lowest BCUT2D eigenvalue weighted by atomic mass is 9.96. The Hall–Kier alpha value is -0.720. The van der Waals surface area contributed by atoms with Crippen LogP contribution < -0.4 is 0 Å². The summed E-state index contributed by atoms with van der Waals surface area (Å²) < 4.78 is 38.3. The highest BCUT2D eigenvalue weighted by Gasteiger charge is 2.54. The summed E-state index contributed by atoms with van der Waals surface area (Å²) in [6, 6.07) is 0. The molecule has 0 aromatic carbocycles. The molecule has 4 heterocycles. The van der Waals surface area contributed by atoms with Crippen molar-refractivity contribution < 1.29 is 89.3 Å². The van der Waals surface area contributed by atoms with Gasteiger partial charge in [-0.05, 0) is 6.92 Å². The highest BCUT2D eigenvalue weighted by Crippen LogP contribution is 2.34. The van der Waals surface area contributed by atoms with Crippen LogP contribution in [0, 0.1) is 0 Å². The minimum Gasteiger partial charge on any atom is -0.394 e. The smallest absolute Gasteiger partial charge is 0.187 e. The number of rotatable bonds is 7. The summed E-state index contributed by atoms with van der Waals surface area (Å²) in [4.78, 5) is 0. The summed E-state index contributed by atoms with van der Waals surface area (Å²) in [5, 5.41) is 112. The van der Waals surface area contributed by atoms with Crippen molar-refractivity contribution in [1.29, 1.82) is 0 Å². The number of hydrogen-bond acceptors (Lipinski definition) is 18. The van der Waals surface area contributed by atoms with Gasteiger partial charge in [0.05, 0.1) is 25.9 Å². The van der Waals surface area contributed by atoms with Gasteiger partial charge in [0, 0.05) is 0 Å². The molecular weight excluding hydrogens is 552 g/mol. The van der Waals surface area contributed by atoms with Gasteiger partial charge >= 0.3 is 0 Å². The molecule has 18 heteroatoms. The van der Waals surface area contributed by atoms with Crippen molar-refractivity contribution in [2.45, 2.75) is 118 Å². The van der Waals surface area contributed by atoms with Crippen LogP contribution in [0.1, 0.15) is 6.92 Å². The van der Waals surface area contributed by atoms with Crippen LogP contribution in [0.4, 0.5) is 0 Å². The lowest BCUT2D eigenvalue weighted by Gasteiger charge is -2.49. The lowest BCUT2D eigenvalue weighted by molar-refractivity contribution is -0.392. The van der Waals surface area contributed by atoms with Gasteiger partial charge in [0.2, 0.25) is 0 Å². The summed E-state index contributed by atoms with van der Waals surface area (Å²) in [6.07, 6.45) is -29.1. The molecule has 4 fully saturated rings. The van der Waals surface area contributed by atoms with Gasteiger partial charge in [-0.2, -0.15) is 0 Å². The van der Waals surface area contributed by atoms with E-state index in [1.165, 1.54) is 6.92 Å².